The summed E-state index contributed by atoms with van der Waals surface area (Å²) in [5.41, 5.74) is 3.22. The van der Waals surface area contributed by atoms with Crippen LogP contribution in [-0.2, 0) is 22.6 Å². The fourth-order valence-electron chi connectivity index (χ4n) is 3.33. The molecule has 2 N–H and O–H groups in total. The van der Waals surface area contributed by atoms with Gasteiger partial charge in [-0.15, -0.1) is 24.0 Å². The molecule has 1 fully saturated rings. The van der Waals surface area contributed by atoms with E-state index in [1.165, 1.54) is 11.1 Å². The Morgan fingerprint density at radius 3 is 2.44 bits per heavy atom. The highest BCUT2D eigenvalue weighted by atomic mass is 127. The zero-order chi connectivity index (χ0) is 21.9. The van der Waals surface area contributed by atoms with E-state index in [-0.39, 0.29) is 24.0 Å². The molecule has 176 valence electrons. The van der Waals surface area contributed by atoms with E-state index in [9.17, 15) is 0 Å². The van der Waals surface area contributed by atoms with E-state index in [2.05, 4.69) is 39.9 Å². The van der Waals surface area contributed by atoms with E-state index in [1.54, 1.807) is 14.2 Å². The van der Waals surface area contributed by atoms with Gasteiger partial charge in [-0.1, -0.05) is 24.3 Å². The second kappa shape index (κ2) is 14.2. The molecule has 7 nitrogen and oxygen atoms in total. The Kier molecular flexibility index (Phi) is 11.6. The normalized spacial score (nSPS) is 14.4. The SMILES string of the molecule is CCOc1ccc(NC(=NC)NCc2ccc(COC3CCOCC3)cc2)cc1OC.I. The summed E-state index contributed by atoms with van der Waals surface area (Å²) in [6.45, 7) is 5.44. The van der Waals surface area contributed by atoms with Crippen LogP contribution in [0.3, 0.4) is 0 Å². The molecule has 0 aromatic heterocycles. The van der Waals surface area contributed by atoms with Gasteiger partial charge in [0.25, 0.3) is 0 Å². The van der Waals surface area contributed by atoms with Crippen LogP contribution in [0.2, 0.25) is 0 Å². The molecule has 0 atom stereocenters. The Balaban J connectivity index is 0.00000363. The maximum absolute atomic E-state index is 5.99. The summed E-state index contributed by atoms with van der Waals surface area (Å²) in [6, 6.07) is 14.2. The molecule has 1 aliphatic heterocycles. The highest BCUT2D eigenvalue weighted by Gasteiger charge is 2.14. The second-order valence-corrected chi connectivity index (χ2v) is 7.29. The first-order valence-electron chi connectivity index (χ1n) is 10.8. The first-order valence-corrected chi connectivity index (χ1v) is 10.8. The fraction of sp³-hybridized carbons (Fsp3) is 0.458. The van der Waals surface area contributed by atoms with Crippen molar-refractivity contribution in [2.24, 2.45) is 4.99 Å². The molecular weight excluding hydrogens is 521 g/mol. The lowest BCUT2D eigenvalue weighted by Crippen LogP contribution is -2.30. The number of nitrogens with one attached hydrogen (secondary N) is 2. The summed E-state index contributed by atoms with van der Waals surface area (Å²) in [5, 5.41) is 6.62. The minimum Gasteiger partial charge on any atom is -0.493 e. The van der Waals surface area contributed by atoms with E-state index >= 15 is 0 Å². The molecule has 1 aliphatic rings. The molecule has 2 aromatic carbocycles. The number of nitrogens with zero attached hydrogens (tertiary/aromatic N) is 1. The third kappa shape index (κ3) is 8.14. The van der Waals surface area contributed by atoms with Crippen LogP contribution in [-0.4, -0.2) is 46.0 Å². The molecule has 0 amide bonds. The number of ether oxygens (including phenoxy) is 4. The number of guanidine groups is 1. The molecule has 0 unspecified atom stereocenters. The van der Waals surface area contributed by atoms with Gasteiger partial charge >= 0.3 is 0 Å². The van der Waals surface area contributed by atoms with E-state index in [1.807, 2.05) is 25.1 Å². The molecular formula is C24H34IN3O4. The number of hydrogen-bond acceptors (Lipinski definition) is 5. The predicted octanol–water partition coefficient (Wildman–Crippen LogP) is 4.60. The Morgan fingerprint density at radius 2 is 1.78 bits per heavy atom. The van der Waals surface area contributed by atoms with Gasteiger partial charge < -0.3 is 29.6 Å². The summed E-state index contributed by atoms with van der Waals surface area (Å²) in [4.78, 5) is 4.30. The monoisotopic (exact) mass is 555 g/mol. The predicted molar refractivity (Wildman–Crippen MR) is 138 cm³/mol. The van der Waals surface area contributed by atoms with Crippen LogP contribution in [0.25, 0.3) is 0 Å². The van der Waals surface area contributed by atoms with Gasteiger partial charge in [-0.25, -0.2) is 0 Å². The quantitative estimate of drug-likeness (QED) is 0.268. The van der Waals surface area contributed by atoms with Gasteiger partial charge in [-0.2, -0.15) is 0 Å². The van der Waals surface area contributed by atoms with Crippen LogP contribution in [0, 0.1) is 0 Å². The average molecular weight is 555 g/mol. The van der Waals surface area contributed by atoms with Crippen molar-refractivity contribution < 1.29 is 18.9 Å². The van der Waals surface area contributed by atoms with E-state index < -0.39 is 0 Å². The third-order valence-electron chi connectivity index (χ3n) is 5.09. The molecule has 0 bridgehead atoms. The van der Waals surface area contributed by atoms with Crippen LogP contribution in [0.5, 0.6) is 11.5 Å². The van der Waals surface area contributed by atoms with Crippen molar-refractivity contribution in [2.45, 2.75) is 39.0 Å². The van der Waals surface area contributed by atoms with Crippen LogP contribution in [0.4, 0.5) is 5.69 Å². The standard InChI is InChI=1S/C24H33N3O4.HI/c1-4-30-22-10-9-20(15-23(22)28-3)27-24(25-2)26-16-18-5-7-19(8-6-18)17-31-21-11-13-29-14-12-21;/h5-10,15,21H,4,11-14,16-17H2,1-3H3,(H2,25,26,27);1H. The fourth-order valence-corrected chi connectivity index (χ4v) is 3.33. The van der Waals surface area contributed by atoms with Crippen molar-refractivity contribution in [1.82, 2.24) is 5.32 Å². The van der Waals surface area contributed by atoms with Crippen molar-refractivity contribution in [2.75, 3.05) is 39.3 Å². The van der Waals surface area contributed by atoms with Crippen molar-refractivity contribution >= 4 is 35.6 Å². The molecule has 32 heavy (non-hydrogen) atoms. The number of methoxy groups -OCH3 is 1. The summed E-state index contributed by atoms with van der Waals surface area (Å²) >= 11 is 0. The number of benzene rings is 2. The van der Waals surface area contributed by atoms with Crippen molar-refractivity contribution in [1.29, 1.82) is 0 Å². The molecule has 0 aliphatic carbocycles. The van der Waals surface area contributed by atoms with Gasteiger partial charge in [0, 0.05) is 38.6 Å². The van der Waals surface area contributed by atoms with Crippen LogP contribution in [0.15, 0.2) is 47.5 Å². The van der Waals surface area contributed by atoms with Gasteiger partial charge in [0.05, 0.1) is 26.4 Å². The van der Waals surface area contributed by atoms with Gasteiger partial charge in [0.1, 0.15) is 0 Å². The Bertz CT molecular complexity index is 840. The Morgan fingerprint density at radius 1 is 1.06 bits per heavy atom. The molecule has 8 heteroatoms. The number of aliphatic imine (C=N–C) groups is 1. The molecule has 1 heterocycles. The molecule has 0 radical (unpaired) electrons. The lowest BCUT2D eigenvalue weighted by molar-refractivity contribution is -0.0390. The highest BCUT2D eigenvalue weighted by molar-refractivity contribution is 14.0. The number of rotatable bonds is 9. The van der Waals surface area contributed by atoms with Crippen LogP contribution < -0.4 is 20.1 Å². The van der Waals surface area contributed by atoms with Crippen molar-refractivity contribution in [3.8, 4) is 11.5 Å². The maximum atomic E-state index is 5.99. The summed E-state index contributed by atoms with van der Waals surface area (Å²) in [6.07, 6.45) is 2.27. The molecule has 0 spiro atoms. The van der Waals surface area contributed by atoms with Gasteiger partial charge in [0.15, 0.2) is 17.5 Å². The largest absolute Gasteiger partial charge is 0.493 e. The zero-order valence-corrected chi connectivity index (χ0v) is 21.4. The summed E-state index contributed by atoms with van der Waals surface area (Å²) in [7, 11) is 3.38. The lowest BCUT2D eigenvalue weighted by atomic mass is 10.1. The van der Waals surface area contributed by atoms with Crippen molar-refractivity contribution in [3.05, 3.63) is 53.6 Å². The van der Waals surface area contributed by atoms with E-state index in [0.717, 1.165) is 37.5 Å². The van der Waals surface area contributed by atoms with Gasteiger partial charge in [-0.05, 0) is 43.0 Å². The second-order valence-electron chi connectivity index (χ2n) is 7.29. The van der Waals surface area contributed by atoms with Gasteiger partial charge in [-0.3, -0.25) is 4.99 Å². The molecule has 1 saturated heterocycles. The molecule has 3 rings (SSSR count). The highest BCUT2D eigenvalue weighted by Crippen LogP contribution is 2.30. The van der Waals surface area contributed by atoms with E-state index in [0.29, 0.717) is 37.6 Å². The average Bonchev–Trinajstić information content (AvgIpc) is 2.82. The minimum atomic E-state index is 0. The number of anilines is 1. The third-order valence-corrected chi connectivity index (χ3v) is 5.09. The van der Waals surface area contributed by atoms with Crippen molar-refractivity contribution in [3.63, 3.8) is 0 Å². The zero-order valence-electron chi connectivity index (χ0n) is 19.1. The minimum absolute atomic E-state index is 0. The summed E-state index contributed by atoms with van der Waals surface area (Å²) < 4.78 is 22.3. The number of hydrogen-bond donors (Lipinski definition) is 2. The Hall–Kier alpha value is -2.04. The molecule has 2 aromatic rings. The lowest BCUT2D eigenvalue weighted by Gasteiger charge is -2.22. The van der Waals surface area contributed by atoms with Crippen LogP contribution in [0.1, 0.15) is 30.9 Å². The number of halogens is 1. The van der Waals surface area contributed by atoms with Gasteiger partial charge in [0.2, 0.25) is 0 Å². The van der Waals surface area contributed by atoms with Crippen LogP contribution >= 0.6 is 24.0 Å². The first-order chi connectivity index (χ1) is 15.2. The van der Waals surface area contributed by atoms with E-state index in [4.69, 9.17) is 18.9 Å². The summed E-state index contributed by atoms with van der Waals surface area (Å²) in [5.74, 6) is 2.08. The smallest absolute Gasteiger partial charge is 0.195 e. The Labute approximate surface area is 207 Å². The maximum Gasteiger partial charge on any atom is 0.195 e. The topological polar surface area (TPSA) is 73.3 Å². The first kappa shape index (κ1) is 26.2. The molecule has 0 saturated carbocycles.